The molecular formula is C13H26N2O3. The number of hydrogen-bond acceptors (Lipinski definition) is 5. The molecule has 2 N–H and O–H groups in total. The lowest BCUT2D eigenvalue weighted by Gasteiger charge is -2.38. The molecule has 1 fully saturated rings. The number of carbonyl (C=O) groups is 1. The third kappa shape index (κ3) is 4.55. The van der Waals surface area contributed by atoms with E-state index in [9.17, 15) is 4.79 Å². The van der Waals surface area contributed by atoms with E-state index in [0.717, 1.165) is 26.1 Å². The smallest absolute Gasteiger partial charge is 0.322 e. The van der Waals surface area contributed by atoms with Crippen molar-refractivity contribution in [3.8, 4) is 0 Å². The lowest BCUT2D eigenvalue weighted by molar-refractivity contribution is -0.145. The van der Waals surface area contributed by atoms with Crippen molar-refractivity contribution in [1.82, 2.24) is 4.90 Å². The molecule has 1 heterocycles. The Hall–Kier alpha value is -0.650. The van der Waals surface area contributed by atoms with E-state index < -0.39 is 6.04 Å². The van der Waals surface area contributed by atoms with Gasteiger partial charge in [0.25, 0.3) is 0 Å². The average molecular weight is 258 g/mol. The second-order valence-electron chi connectivity index (χ2n) is 4.85. The van der Waals surface area contributed by atoms with Crippen LogP contribution in [0.25, 0.3) is 0 Å². The molecule has 0 aromatic heterocycles. The van der Waals surface area contributed by atoms with E-state index in [-0.39, 0.29) is 12.1 Å². The summed E-state index contributed by atoms with van der Waals surface area (Å²) in [6, 6.07) is -0.0730. The van der Waals surface area contributed by atoms with Crippen LogP contribution in [0.2, 0.25) is 0 Å². The Morgan fingerprint density at radius 3 is 2.89 bits per heavy atom. The summed E-state index contributed by atoms with van der Waals surface area (Å²) < 4.78 is 10.6. The molecule has 0 saturated carbocycles. The normalized spacial score (nSPS) is 26.9. The van der Waals surface area contributed by atoms with Gasteiger partial charge in [-0.15, -0.1) is 0 Å². The standard InChI is InChI=1S/C13H26N2O3/c1-4-11-9-18-10(3)8-15(11)7-6-12(14)13(16)17-5-2/h10-12H,4-9,14H2,1-3H3. The lowest BCUT2D eigenvalue weighted by Crippen LogP contribution is -2.50. The van der Waals surface area contributed by atoms with Crippen LogP contribution in [0.5, 0.6) is 0 Å². The van der Waals surface area contributed by atoms with E-state index in [1.165, 1.54) is 0 Å². The van der Waals surface area contributed by atoms with E-state index in [4.69, 9.17) is 15.2 Å². The molecule has 1 rings (SSSR count). The number of nitrogens with two attached hydrogens (primary N) is 1. The molecule has 1 aliphatic rings. The zero-order chi connectivity index (χ0) is 13.5. The minimum absolute atomic E-state index is 0.256. The van der Waals surface area contributed by atoms with Crippen molar-refractivity contribution in [2.45, 2.75) is 51.8 Å². The van der Waals surface area contributed by atoms with Gasteiger partial charge in [-0.1, -0.05) is 6.92 Å². The number of morpholine rings is 1. The predicted molar refractivity (Wildman–Crippen MR) is 70.3 cm³/mol. The van der Waals surface area contributed by atoms with E-state index in [0.29, 0.717) is 19.1 Å². The van der Waals surface area contributed by atoms with Crippen LogP contribution in [-0.2, 0) is 14.3 Å². The second-order valence-corrected chi connectivity index (χ2v) is 4.85. The third-order valence-electron chi connectivity index (χ3n) is 3.37. The Labute approximate surface area is 110 Å². The fourth-order valence-electron chi connectivity index (χ4n) is 2.23. The van der Waals surface area contributed by atoms with Crippen molar-refractivity contribution in [2.75, 3.05) is 26.3 Å². The molecule has 0 bridgehead atoms. The van der Waals surface area contributed by atoms with E-state index in [2.05, 4.69) is 18.7 Å². The lowest BCUT2D eigenvalue weighted by atomic mass is 10.1. The van der Waals surface area contributed by atoms with E-state index in [1.807, 2.05) is 0 Å². The second kappa shape index (κ2) is 7.71. The van der Waals surface area contributed by atoms with Gasteiger partial charge in [-0.2, -0.15) is 0 Å². The van der Waals surface area contributed by atoms with Gasteiger partial charge in [0.1, 0.15) is 6.04 Å². The fraction of sp³-hybridized carbons (Fsp3) is 0.923. The Bertz CT molecular complexity index is 261. The molecule has 0 amide bonds. The molecule has 1 aliphatic heterocycles. The van der Waals surface area contributed by atoms with Crippen LogP contribution >= 0.6 is 0 Å². The van der Waals surface area contributed by atoms with Crippen LogP contribution in [-0.4, -0.2) is 55.4 Å². The third-order valence-corrected chi connectivity index (χ3v) is 3.37. The number of esters is 1. The highest BCUT2D eigenvalue weighted by molar-refractivity contribution is 5.75. The van der Waals surface area contributed by atoms with Crippen molar-refractivity contribution in [1.29, 1.82) is 0 Å². The van der Waals surface area contributed by atoms with Gasteiger partial charge in [0.2, 0.25) is 0 Å². The molecular weight excluding hydrogens is 232 g/mol. The van der Waals surface area contributed by atoms with Crippen LogP contribution in [0.15, 0.2) is 0 Å². The van der Waals surface area contributed by atoms with Gasteiger partial charge < -0.3 is 15.2 Å². The average Bonchev–Trinajstić information content (AvgIpc) is 2.36. The summed E-state index contributed by atoms with van der Waals surface area (Å²) in [7, 11) is 0. The van der Waals surface area contributed by atoms with Gasteiger partial charge >= 0.3 is 5.97 Å². The number of carbonyl (C=O) groups excluding carboxylic acids is 1. The zero-order valence-electron chi connectivity index (χ0n) is 11.7. The first-order valence-corrected chi connectivity index (χ1v) is 6.86. The Morgan fingerprint density at radius 2 is 2.28 bits per heavy atom. The fourth-order valence-corrected chi connectivity index (χ4v) is 2.23. The Balaban J connectivity index is 2.37. The maximum atomic E-state index is 11.4. The van der Waals surface area contributed by atoms with Crippen LogP contribution in [0.3, 0.4) is 0 Å². The minimum Gasteiger partial charge on any atom is -0.465 e. The monoisotopic (exact) mass is 258 g/mol. The first-order chi connectivity index (χ1) is 8.58. The van der Waals surface area contributed by atoms with Gasteiger partial charge in [-0.05, 0) is 26.7 Å². The summed E-state index contributed by atoms with van der Waals surface area (Å²) in [6.45, 7) is 8.92. The van der Waals surface area contributed by atoms with Gasteiger partial charge in [0.05, 0.1) is 19.3 Å². The van der Waals surface area contributed by atoms with Crippen molar-refractivity contribution in [3.05, 3.63) is 0 Å². The first kappa shape index (κ1) is 15.4. The highest BCUT2D eigenvalue weighted by Gasteiger charge is 2.26. The minimum atomic E-state index is -0.513. The molecule has 106 valence electrons. The van der Waals surface area contributed by atoms with E-state index in [1.54, 1.807) is 6.92 Å². The van der Waals surface area contributed by atoms with Gasteiger partial charge in [-0.3, -0.25) is 9.69 Å². The van der Waals surface area contributed by atoms with Crippen molar-refractivity contribution < 1.29 is 14.3 Å². The number of nitrogens with zero attached hydrogens (tertiary/aromatic N) is 1. The maximum Gasteiger partial charge on any atom is 0.322 e. The largest absolute Gasteiger partial charge is 0.465 e. The highest BCUT2D eigenvalue weighted by Crippen LogP contribution is 2.15. The van der Waals surface area contributed by atoms with Gasteiger partial charge in [0.15, 0.2) is 0 Å². The maximum absolute atomic E-state index is 11.4. The summed E-state index contributed by atoms with van der Waals surface area (Å²) in [5, 5.41) is 0. The van der Waals surface area contributed by atoms with Crippen molar-refractivity contribution >= 4 is 5.97 Å². The first-order valence-electron chi connectivity index (χ1n) is 6.86. The van der Waals surface area contributed by atoms with Gasteiger partial charge in [0, 0.05) is 19.1 Å². The molecule has 5 nitrogen and oxygen atoms in total. The predicted octanol–water partition coefficient (Wildman–Crippen LogP) is 0.766. The topological polar surface area (TPSA) is 64.8 Å². The molecule has 0 aromatic rings. The SMILES string of the molecule is CCOC(=O)C(N)CCN1CC(C)OCC1CC. The quantitative estimate of drug-likeness (QED) is 0.713. The van der Waals surface area contributed by atoms with E-state index >= 15 is 0 Å². The van der Waals surface area contributed by atoms with Crippen LogP contribution < -0.4 is 5.73 Å². The Morgan fingerprint density at radius 1 is 1.56 bits per heavy atom. The number of hydrogen-bond donors (Lipinski definition) is 1. The summed E-state index contributed by atoms with van der Waals surface area (Å²) in [5.74, 6) is -0.299. The highest BCUT2D eigenvalue weighted by atomic mass is 16.5. The molecule has 3 unspecified atom stereocenters. The molecule has 18 heavy (non-hydrogen) atoms. The number of rotatable bonds is 6. The summed E-state index contributed by atoms with van der Waals surface area (Å²) in [6.07, 6.45) is 1.95. The van der Waals surface area contributed by atoms with Crippen LogP contribution in [0.1, 0.15) is 33.6 Å². The molecule has 1 saturated heterocycles. The zero-order valence-corrected chi connectivity index (χ0v) is 11.7. The molecule has 5 heteroatoms. The van der Waals surface area contributed by atoms with Crippen LogP contribution in [0.4, 0.5) is 0 Å². The number of ether oxygens (including phenoxy) is 2. The summed E-state index contributed by atoms with van der Waals surface area (Å²) in [5.41, 5.74) is 5.81. The summed E-state index contributed by atoms with van der Waals surface area (Å²) in [4.78, 5) is 13.8. The van der Waals surface area contributed by atoms with Crippen molar-refractivity contribution in [3.63, 3.8) is 0 Å². The molecule has 0 radical (unpaired) electrons. The molecule has 0 aliphatic carbocycles. The van der Waals surface area contributed by atoms with Gasteiger partial charge in [-0.25, -0.2) is 0 Å². The summed E-state index contributed by atoms with van der Waals surface area (Å²) >= 11 is 0. The molecule has 0 aromatic carbocycles. The van der Waals surface area contributed by atoms with Crippen molar-refractivity contribution in [2.24, 2.45) is 5.73 Å². The Kier molecular flexibility index (Phi) is 6.60. The molecule has 0 spiro atoms. The molecule has 3 atom stereocenters. The van der Waals surface area contributed by atoms with Crippen LogP contribution in [0, 0.1) is 0 Å².